The first kappa shape index (κ1) is 13.0. The molecule has 1 aromatic carbocycles. The molecule has 0 aromatic heterocycles. The van der Waals surface area contributed by atoms with Crippen molar-refractivity contribution in [1.29, 1.82) is 0 Å². The molecular formula is C13H21NO2. The Kier molecular flexibility index (Phi) is 5.29. The molecule has 2 atom stereocenters. The fraction of sp³-hybridized carbons (Fsp3) is 0.538. The van der Waals surface area contributed by atoms with Crippen molar-refractivity contribution in [3.63, 3.8) is 0 Å². The van der Waals surface area contributed by atoms with E-state index >= 15 is 0 Å². The van der Waals surface area contributed by atoms with Gasteiger partial charge < -0.3 is 15.6 Å². The number of aliphatic hydroxyl groups excluding tert-OH is 1. The quantitative estimate of drug-likeness (QED) is 0.772. The fourth-order valence-corrected chi connectivity index (χ4v) is 1.81. The van der Waals surface area contributed by atoms with E-state index in [1.54, 1.807) is 7.11 Å². The van der Waals surface area contributed by atoms with Crippen LogP contribution in [0.25, 0.3) is 0 Å². The summed E-state index contributed by atoms with van der Waals surface area (Å²) >= 11 is 0. The maximum atomic E-state index is 9.10. The Labute approximate surface area is 97.2 Å². The normalized spacial score (nSPS) is 14.5. The zero-order valence-corrected chi connectivity index (χ0v) is 10.0. The van der Waals surface area contributed by atoms with E-state index in [9.17, 15) is 0 Å². The zero-order chi connectivity index (χ0) is 12.0. The lowest BCUT2D eigenvalue weighted by atomic mass is 9.90. The van der Waals surface area contributed by atoms with Gasteiger partial charge in [0.15, 0.2) is 0 Å². The van der Waals surface area contributed by atoms with Crippen LogP contribution in [0.5, 0.6) is 5.75 Å². The average Bonchev–Trinajstić information content (AvgIpc) is 2.35. The van der Waals surface area contributed by atoms with Gasteiger partial charge >= 0.3 is 0 Å². The molecule has 90 valence electrons. The molecule has 0 saturated heterocycles. The van der Waals surface area contributed by atoms with Gasteiger partial charge in [0.2, 0.25) is 0 Å². The highest BCUT2D eigenvalue weighted by atomic mass is 16.5. The van der Waals surface area contributed by atoms with E-state index in [-0.39, 0.29) is 12.5 Å². The summed E-state index contributed by atoms with van der Waals surface area (Å²) in [5, 5.41) is 9.10. The summed E-state index contributed by atoms with van der Waals surface area (Å²) < 4.78 is 5.11. The molecule has 0 bridgehead atoms. The number of rotatable bonds is 6. The van der Waals surface area contributed by atoms with Crippen molar-refractivity contribution in [2.24, 2.45) is 11.7 Å². The summed E-state index contributed by atoms with van der Waals surface area (Å²) in [6.07, 6.45) is 0.916. The van der Waals surface area contributed by atoms with Crippen molar-refractivity contribution in [1.82, 2.24) is 0 Å². The molecule has 0 aliphatic heterocycles. The minimum absolute atomic E-state index is 0.164. The number of aliphatic hydroxyl groups is 1. The van der Waals surface area contributed by atoms with E-state index < -0.39 is 0 Å². The van der Waals surface area contributed by atoms with Gasteiger partial charge in [-0.3, -0.25) is 0 Å². The topological polar surface area (TPSA) is 55.5 Å². The molecule has 0 aliphatic carbocycles. The molecule has 16 heavy (non-hydrogen) atoms. The predicted molar refractivity (Wildman–Crippen MR) is 65.7 cm³/mol. The molecule has 1 aromatic rings. The summed E-state index contributed by atoms with van der Waals surface area (Å²) in [7, 11) is 1.66. The maximum absolute atomic E-state index is 9.10. The number of methoxy groups -OCH3 is 1. The number of hydrogen-bond acceptors (Lipinski definition) is 3. The van der Waals surface area contributed by atoms with Crippen LogP contribution in [0.3, 0.4) is 0 Å². The fourth-order valence-electron chi connectivity index (χ4n) is 1.81. The molecule has 2 unspecified atom stereocenters. The van der Waals surface area contributed by atoms with Crippen LogP contribution in [-0.4, -0.2) is 25.4 Å². The molecule has 0 heterocycles. The Bertz CT molecular complexity index is 293. The van der Waals surface area contributed by atoms with E-state index in [4.69, 9.17) is 15.6 Å². The number of hydrogen-bond donors (Lipinski definition) is 2. The lowest BCUT2D eigenvalue weighted by Gasteiger charge is -2.18. The third-order valence-corrected chi connectivity index (χ3v) is 2.96. The monoisotopic (exact) mass is 223 g/mol. The zero-order valence-electron chi connectivity index (χ0n) is 10.0. The van der Waals surface area contributed by atoms with E-state index in [2.05, 4.69) is 19.1 Å². The minimum atomic E-state index is 0.164. The Balaban J connectivity index is 2.61. The minimum Gasteiger partial charge on any atom is -0.497 e. The third-order valence-electron chi connectivity index (χ3n) is 2.96. The summed E-state index contributed by atoms with van der Waals surface area (Å²) in [5.74, 6) is 1.47. The van der Waals surface area contributed by atoms with Gasteiger partial charge in [-0.1, -0.05) is 19.1 Å². The molecule has 3 N–H and O–H groups in total. The largest absolute Gasteiger partial charge is 0.497 e. The highest BCUT2D eigenvalue weighted by Crippen LogP contribution is 2.24. The van der Waals surface area contributed by atoms with Crippen LogP contribution in [0.15, 0.2) is 24.3 Å². The van der Waals surface area contributed by atoms with Crippen molar-refractivity contribution in [3.05, 3.63) is 29.8 Å². The molecule has 0 saturated carbocycles. The van der Waals surface area contributed by atoms with E-state index in [0.29, 0.717) is 12.5 Å². The Hall–Kier alpha value is -1.06. The highest BCUT2D eigenvalue weighted by Gasteiger charge is 2.12. The van der Waals surface area contributed by atoms with Crippen LogP contribution in [-0.2, 0) is 0 Å². The Morgan fingerprint density at radius 3 is 2.38 bits per heavy atom. The van der Waals surface area contributed by atoms with Gasteiger partial charge in [-0.2, -0.15) is 0 Å². The lowest BCUT2D eigenvalue weighted by Crippen LogP contribution is -2.20. The first-order valence-electron chi connectivity index (χ1n) is 5.66. The molecule has 1 rings (SSSR count). The van der Waals surface area contributed by atoms with Crippen molar-refractivity contribution in [3.8, 4) is 5.75 Å². The Morgan fingerprint density at radius 1 is 1.31 bits per heavy atom. The van der Waals surface area contributed by atoms with Crippen molar-refractivity contribution in [2.45, 2.75) is 19.3 Å². The average molecular weight is 223 g/mol. The standard InChI is InChI=1S/C13H21NO2/c1-10(7-11(8-14)9-15)12-3-5-13(16-2)6-4-12/h3-6,10-11,15H,7-9,14H2,1-2H3. The second-order valence-electron chi connectivity index (χ2n) is 4.19. The van der Waals surface area contributed by atoms with Gasteiger partial charge in [-0.15, -0.1) is 0 Å². The molecule has 3 heteroatoms. The van der Waals surface area contributed by atoms with Gasteiger partial charge in [0.1, 0.15) is 5.75 Å². The van der Waals surface area contributed by atoms with E-state index in [1.165, 1.54) is 5.56 Å². The van der Waals surface area contributed by atoms with E-state index in [1.807, 2.05) is 12.1 Å². The third kappa shape index (κ3) is 3.51. The molecule has 0 fully saturated rings. The smallest absolute Gasteiger partial charge is 0.118 e. The van der Waals surface area contributed by atoms with Gasteiger partial charge in [0, 0.05) is 6.61 Å². The number of nitrogens with two attached hydrogens (primary N) is 1. The van der Waals surface area contributed by atoms with Gasteiger partial charge in [-0.25, -0.2) is 0 Å². The van der Waals surface area contributed by atoms with Crippen molar-refractivity contribution >= 4 is 0 Å². The van der Waals surface area contributed by atoms with Crippen LogP contribution in [0.2, 0.25) is 0 Å². The molecular weight excluding hydrogens is 202 g/mol. The van der Waals surface area contributed by atoms with Crippen LogP contribution >= 0.6 is 0 Å². The van der Waals surface area contributed by atoms with Crippen LogP contribution < -0.4 is 10.5 Å². The predicted octanol–water partition coefficient (Wildman–Crippen LogP) is 1.76. The lowest BCUT2D eigenvalue weighted by molar-refractivity contribution is 0.217. The SMILES string of the molecule is COc1ccc(C(C)CC(CN)CO)cc1. The van der Waals surface area contributed by atoms with Gasteiger partial charge in [-0.05, 0) is 42.5 Å². The Morgan fingerprint density at radius 2 is 1.94 bits per heavy atom. The van der Waals surface area contributed by atoms with Crippen LogP contribution in [0, 0.1) is 5.92 Å². The first-order chi connectivity index (χ1) is 7.71. The number of ether oxygens (including phenoxy) is 1. The van der Waals surface area contributed by atoms with E-state index in [0.717, 1.165) is 12.2 Å². The molecule has 0 amide bonds. The second kappa shape index (κ2) is 6.51. The van der Waals surface area contributed by atoms with Crippen LogP contribution in [0.4, 0.5) is 0 Å². The summed E-state index contributed by atoms with van der Waals surface area (Å²) in [6, 6.07) is 8.05. The molecule has 0 spiro atoms. The van der Waals surface area contributed by atoms with Crippen molar-refractivity contribution in [2.75, 3.05) is 20.3 Å². The van der Waals surface area contributed by atoms with Gasteiger partial charge in [0.25, 0.3) is 0 Å². The second-order valence-corrected chi connectivity index (χ2v) is 4.19. The first-order valence-corrected chi connectivity index (χ1v) is 5.66. The summed E-state index contributed by atoms with van der Waals surface area (Å²) in [5.41, 5.74) is 6.83. The molecule has 3 nitrogen and oxygen atoms in total. The highest BCUT2D eigenvalue weighted by molar-refractivity contribution is 5.29. The summed E-state index contributed by atoms with van der Waals surface area (Å²) in [4.78, 5) is 0. The summed E-state index contributed by atoms with van der Waals surface area (Å²) in [6.45, 7) is 2.86. The van der Waals surface area contributed by atoms with Gasteiger partial charge in [0.05, 0.1) is 7.11 Å². The van der Waals surface area contributed by atoms with Crippen LogP contribution in [0.1, 0.15) is 24.8 Å². The maximum Gasteiger partial charge on any atom is 0.118 e. The van der Waals surface area contributed by atoms with Crippen molar-refractivity contribution < 1.29 is 9.84 Å². The number of benzene rings is 1. The molecule has 0 aliphatic rings. The molecule has 0 radical (unpaired) electrons.